The summed E-state index contributed by atoms with van der Waals surface area (Å²) in [6, 6.07) is 12.9. The van der Waals surface area contributed by atoms with E-state index in [2.05, 4.69) is 6.92 Å². The lowest BCUT2D eigenvalue weighted by Crippen LogP contribution is -2.04. The first kappa shape index (κ1) is 16.9. The molecule has 4 nitrogen and oxygen atoms in total. The van der Waals surface area contributed by atoms with Crippen molar-refractivity contribution in [2.75, 3.05) is 13.2 Å². The van der Waals surface area contributed by atoms with Crippen molar-refractivity contribution in [2.24, 2.45) is 0 Å². The van der Waals surface area contributed by atoms with Crippen LogP contribution < -0.4 is 9.47 Å². The molecule has 0 aliphatic heterocycles. The van der Waals surface area contributed by atoms with E-state index in [1.54, 1.807) is 12.1 Å². The van der Waals surface area contributed by atoms with Gasteiger partial charge in [0.05, 0.1) is 13.2 Å². The largest absolute Gasteiger partial charge is 0.494 e. The summed E-state index contributed by atoms with van der Waals surface area (Å²) in [6.45, 7) is 5.20. The third-order valence-electron chi connectivity index (χ3n) is 3.31. The molecule has 0 spiro atoms. The highest BCUT2D eigenvalue weighted by atomic mass is 16.5. The summed E-state index contributed by atoms with van der Waals surface area (Å²) >= 11 is 0. The maximum Gasteiger partial charge on any atom is 0.339 e. The molecule has 2 rings (SSSR count). The Morgan fingerprint density at radius 3 is 2.35 bits per heavy atom. The maximum absolute atomic E-state index is 11.5. The third kappa shape index (κ3) is 4.49. The first-order valence-electron chi connectivity index (χ1n) is 7.89. The molecule has 0 amide bonds. The third-order valence-corrected chi connectivity index (χ3v) is 3.31. The predicted molar refractivity (Wildman–Crippen MR) is 90.4 cm³/mol. The number of hydrogen-bond donors (Lipinski definition) is 1. The van der Waals surface area contributed by atoms with Crippen molar-refractivity contribution in [2.45, 2.75) is 26.7 Å². The molecule has 0 fully saturated rings. The van der Waals surface area contributed by atoms with Gasteiger partial charge in [-0.3, -0.25) is 0 Å². The highest BCUT2D eigenvalue weighted by Crippen LogP contribution is 2.29. The van der Waals surface area contributed by atoms with Crippen molar-refractivity contribution in [3.63, 3.8) is 0 Å². The molecule has 23 heavy (non-hydrogen) atoms. The van der Waals surface area contributed by atoms with Crippen molar-refractivity contribution in [1.29, 1.82) is 0 Å². The van der Waals surface area contributed by atoms with Gasteiger partial charge in [-0.05, 0) is 48.2 Å². The Kier molecular flexibility index (Phi) is 6.03. The van der Waals surface area contributed by atoms with Gasteiger partial charge >= 0.3 is 5.97 Å². The molecule has 0 unspecified atom stereocenters. The molecule has 0 aromatic heterocycles. The second-order valence-corrected chi connectivity index (χ2v) is 5.24. The topological polar surface area (TPSA) is 55.8 Å². The van der Waals surface area contributed by atoms with E-state index in [9.17, 15) is 9.90 Å². The number of rotatable bonds is 8. The Balaban J connectivity index is 2.32. The van der Waals surface area contributed by atoms with Crippen LogP contribution in [0.5, 0.6) is 11.5 Å². The summed E-state index contributed by atoms with van der Waals surface area (Å²) in [5.74, 6) is 0.199. The average molecular weight is 314 g/mol. The molecule has 4 heteroatoms. The molecule has 0 atom stereocenters. The minimum atomic E-state index is -0.989. The average Bonchev–Trinajstić information content (AvgIpc) is 2.58. The summed E-state index contributed by atoms with van der Waals surface area (Å²) in [7, 11) is 0. The Bertz CT molecular complexity index is 664. The number of carbonyl (C=O) groups is 1. The quantitative estimate of drug-likeness (QED) is 0.772. The molecule has 2 aromatic carbocycles. The van der Waals surface area contributed by atoms with Gasteiger partial charge in [0.25, 0.3) is 0 Å². The fraction of sp³-hybridized carbons (Fsp3) is 0.316. The van der Waals surface area contributed by atoms with E-state index in [1.165, 1.54) is 0 Å². The molecular formula is C19H22O4. The summed E-state index contributed by atoms with van der Waals surface area (Å²) in [4.78, 5) is 11.5. The zero-order chi connectivity index (χ0) is 16.7. The minimum Gasteiger partial charge on any atom is -0.494 e. The Morgan fingerprint density at radius 2 is 1.65 bits per heavy atom. The summed E-state index contributed by atoms with van der Waals surface area (Å²) in [6.07, 6.45) is 1.77. The van der Waals surface area contributed by atoms with E-state index in [0.717, 1.165) is 29.7 Å². The van der Waals surface area contributed by atoms with Crippen LogP contribution >= 0.6 is 0 Å². The number of carboxylic acid groups (broad SMARTS) is 1. The lowest BCUT2D eigenvalue weighted by atomic mass is 10.0. The lowest BCUT2D eigenvalue weighted by molar-refractivity contribution is 0.0692. The molecule has 0 aliphatic carbocycles. The molecule has 0 heterocycles. The standard InChI is InChI=1S/C19H22O4/c1-3-10-22-16-7-5-6-14(12-16)15-8-9-18(23-11-4-2)17(13-15)19(20)21/h5-9,12-13H,3-4,10-11H2,1-2H3,(H,20,21). The van der Waals surface area contributed by atoms with Gasteiger partial charge in [0.15, 0.2) is 0 Å². The molecule has 122 valence electrons. The monoisotopic (exact) mass is 314 g/mol. The van der Waals surface area contributed by atoms with E-state index in [0.29, 0.717) is 19.0 Å². The Labute approximate surface area is 136 Å². The van der Waals surface area contributed by atoms with Crippen LogP contribution in [0.3, 0.4) is 0 Å². The lowest BCUT2D eigenvalue weighted by Gasteiger charge is -2.11. The highest BCUT2D eigenvalue weighted by molar-refractivity contribution is 5.92. The summed E-state index contributed by atoms with van der Waals surface area (Å²) in [5.41, 5.74) is 1.92. The van der Waals surface area contributed by atoms with Gasteiger partial charge in [-0.1, -0.05) is 32.0 Å². The van der Waals surface area contributed by atoms with Crippen LogP contribution in [0.1, 0.15) is 37.0 Å². The van der Waals surface area contributed by atoms with Crippen LogP contribution in [0.15, 0.2) is 42.5 Å². The van der Waals surface area contributed by atoms with Crippen molar-refractivity contribution >= 4 is 5.97 Å². The maximum atomic E-state index is 11.5. The number of benzene rings is 2. The van der Waals surface area contributed by atoms with Crippen LogP contribution in [-0.4, -0.2) is 24.3 Å². The zero-order valence-corrected chi connectivity index (χ0v) is 13.5. The highest BCUT2D eigenvalue weighted by Gasteiger charge is 2.13. The van der Waals surface area contributed by atoms with Crippen molar-refractivity contribution in [3.05, 3.63) is 48.0 Å². The number of ether oxygens (including phenoxy) is 2. The predicted octanol–water partition coefficient (Wildman–Crippen LogP) is 4.63. The second kappa shape index (κ2) is 8.22. The summed E-state index contributed by atoms with van der Waals surface area (Å²) < 4.78 is 11.1. The first-order valence-corrected chi connectivity index (χ1v) is 7.89. The van der Waals surface area contributed by atoms with Crippen LogP contribution in [0, 0.1) is 0 Å². The Morgan fingerprint density at radius 1 is 0.957 bits per heavy atom. The van der Waals surface area contributed by atoms with Gasteiger partial charge in [-0.2, -0.15) is 0 Å². The SMILES string of the molecule is CCCOc1cccc(-c2ccc(OCCC)c(C(=O)O)c2)c1. The number of hydrogen-bond acceptors (Lipinski definition) is 3. The van der Waals surface area contributed by atoms with Gasteiger partial charge in [0, 0.05) is 0 Å². The van der Waals surface area contributed by atoms with Crippen molar-refractivity contribution in [1.82, 2.24) is 0 Å². The van der Waals surface area contributed by atoms with Gasteiger partial charge < -0.3 is 14.6 Å². The van der Waals surface area contributed by atoms with E-state index in [4.69, 9.17) is 9.47 Å². The molecular weight excluding hydrogens is 292 g/mol. The van der Waals surface area contributed by atoms with Gasteiger partial charge in [-0.25, -0.2) is 4.79 Å². The molecule has 1 N–H and O–H groups in total. The molecule has 0 saturated carbocycles. The summed E-state index contributed by atoms with van der Waals surface area (Å²) in [5, 5.41) is 9.40. The fourth-order valence-electron chi connectivity index (χ4n) is 2.20. The van der Waals surface area contributed by atoms with E-state index < -0.39 is 5.97 Å². The van der Waals surface area contributed by atoms with Gasteiger partial charge in [0.2, 0.25) is 0 Å². The smallest absolute Gasteiger partial charge is 0.339 e. The van der Waals surface area contributed by atoms with Gasteiger partial charge in [0.1, 0.15) is 17.1 Å². The molecule has 0 radical (unpaired) electrons. The van der Waals surface area contributed by atoms with Crippen molar-refractivity contribution < 1.29 is 19.4 Å². The molecule has 0 aliphatic rings. The second-order valence-electron chi connectivity index (χ2n) is 5.24. The Hall–Kier alpha value is -2.49. The normalized spacial score (nSPS) is 10.3. The van der Waals surface area contributed by atoms with E-state index in [-0.39, 0.29) is 5.56 Å². The van der Waals surface area contributed by atoms with E-state index in [1.807, 2.05) is 37.3 Å². The zero-order valence-electron chi connectivity index (χ0n) is 13.5. The number of aromatic carboxylic acids is 1. The fourth-order valence-corrected chi connectivity index (χ4v) is 2.20. The first-order chi connectivity index (χ1) is 11.2. The van der Waals surface area contributed by atoms with Crippen LogP contribution in [0.2, 0.25) is 0 Å². The van der Waals surface area contributed by atoms with Crippen molar-refractivity contribution in [3.8, 4) is 22.6 Å². The molecule has 0 saturated heterocycles. The van der Waals surface area contributed by atoms with Crippen LogP contribution in [-0.2, 0) is 0 Å². The van der Waals surface area contributed by atoms with Gasteiger partial charge in [-0.15, -0.1) is 0 Å². The molecule has 2 aromatic rings. The molecule has 0 bridgehead atoms. The van der Waals surface area contributed by atoms with E-state index >= 15 is 0 Å². The number of carboxylic acids is 1. The van der Waals surface area contributed by atoms with Crippen LogP contribution in [0.25, 0.3) is 11.1 Å². The van der Waals surface area contributed by atoms with Crippen LogP contribution in [0.4, 0.5) is 0 Å². The minimum absolute atomic E-state index is 0.177.